The summed E-state index contributed by atoms with van der Waals surface area (Å²) >= 11 is 6.62. The number of nitrogens with one attached hydrogen (secondary N) is 1. The Bertz CT molecular complexity index is 1650. The number of piperazine rings is 1. The van der Waals surface area contributed by atoms with E-state index in [0.717, 1.165) is 24.2 Å². The lowest BCUT2D eigenvalue weighted by Gasteiger charge is -2.36. The molecule has 4 heterocycles. The molecule has 1 N–H and O–H groups in total. The molecule has 2 aromatic carbocycles. The molecule has 0 saturated carbocycles. The molecule has 2 aliphatic heterocycles. The van der Waals surface area contributed by atoms with Crippen molar-refractivity contribution in [3.8, 4) is 22.6 Å². The predicted molar refractivity (Wildman–Crippen MR) is 148 cm³/mol. The van der Waals surface area contributed by atoms with Gasteiger partial charge in [-0.25, -0.2) is 9.18 Å². The van der Waals surface area contributed by atoms with Crippen molar-refractivity contribution >= 4 is 28.3 Å². The van der Waals surface area contributed by atoms with Crippen LogP contribution in [0.25, 0.3) is 27.7 Å². The van der Waals surface area contributed by atoms with Crippen molar-refractivity contribution in [1.82, 2.24) is 19.9 Å². The van der Waals surface area contributed by atoms with Crippen molar-refractivity contribution in [1.29, 1.82) is 0 Å². The van der Waals surface area contributed by atoms with Crippen LogP contribution in [0.15, 0.2) is 41.3 Å². The third-order valence-corrected chi connectivity index (χ3v) is 7.81. The quantitative estimate of drug-likeness (QED) is 0.382. The number of fused-ring (bicyclic) bond motifs is 4. The lowest BCUT2D eigenvalue weighted by atomic mass is 9.94. The maximum Gasteiger partial charge on any atom is 0.354 e. The minimum absolute atomic E-state index is 0.00101. The minimum Gasteiger partial charge on any atom is -0.488 e. The zero-order chi connectivity index (χ0) is 26.7. The van der Waals surface area contributed by atoms with E-state index in [1.165, 1.54) is 4.57 Å². The van der Waals surface area contributed by atoms with Crippen LogP contribution < -0.4 is 20.6 Å². The number of aromatic nitrogens is 3. The number of pyridine rings is 1. The predicted octanol–water partition coefficient (Wildman–Crippen LogP) is 5.36. The summed E-state index contributed by atoms with van der Waals surface area (Å²) in [6.07, 6.45) is 1.72. The molecule has 0 unspecified atom stereocenters. The standard InChI is InChI=1S/C29H29ClFN5O2/c1-15(2)25-26(16(3)8-9-33-25)36-27-19(28(34-29(36)37)35-11-10-32-13-17(35)4)12-21-23(24(27)31)22-18(14-38-21)6-5-7-20(22)30/h5-9,12,15,17,32H,10-11,13-14H2,1-4H3/t17-/m0/s1. The monoisotopic (exact) mass is 533 g/mol. The van der Waals surface area contributed by atoms with Crippen LogP contribution in [0.5, 0.6) is 5.75 Å². The number of benzene rings is 2. The van der Waals surface area contributed by atoms with Crippen molar-refractivity contribution in [3.63, 3.8) is 0 Å². The topological polar surface area (TPSA) is 72.3 Å². The van der Waals surface area contributed by atoms with Crippen molar-refractivity contribution in [2.75, 3.05) is 24.5 Å². The van der Waals surface area contributed by atoms with Gasteiger partial charge in [0.1, 0.15) is 18.2 Å². The van der Waals surface area contributed by atoms with Crippen LogP contribution in [0.1, 0.15) is 43.5 Å². The summed E-state index contributed by atoms with van der Waals surface area (Å²) in [5.41, 5.74) is 3.31. The van der Waals surface area contributed by atoms with Crippen LogP contribution in [0.2, 0.25) is 5.02 Å². The molecule has 6 rings (SSSR count). The van der Waals surface area contributed by atoms with E-state index in [0.29, 0.717) is 45.5 Å². The van der Waals surface area contributed by atoms with E-state index in [-0.39, 0.29) is 29.6 Å². The molecule has 1 saturated heterocycles. The smallest absolute Gasteiger partial charge is 0.354 e. The van der Waals surface area contributed by atoms with Gasteiger partial charge in [0.15, 0.2) is 5.82 Å². The maximum absolute atomic E-state index is 17.1. The van der Waals surface area contributed by atoms with E-state index in [1.807, 2.05) is 45.0 Å². The lowest BCUT2D eigenvalue weighted by molar-refractivity contribution is 0.301. The summed E-state index contributed by atoms with van der Waals surface area (Å²) in [5, 5.41) is 4.32. The Morgan fingerprint density at radius 1 is 1.24 bits per heavy atom. The molecule has 2 aromatic heterocycles. The van der Waals surface area contributed by atoms with Gasteiger partial charge in [0.2, 0.25) is 0 Å². The molecule has 2 aliphatic rings. The Hall–Kier alpha value is -3.49. The van der Waals surface area contributed by atoms with E-state index < -0.39 is 11.5 Å². The first-order valence-electron chi connectivity index (χ1n) is 12.9. The van der Waals surface area contributed by atoms with Gasteiger partial charge in [-0.05, 0) is 49.1 Å². The first kappa shape index (κ1) is 24.8. The van der Waals surface area contributed by atoms with Gasteiger partial charge in [-0.1, -0.05) is 37.6 Å². The molecule has 0 bridgehead atoms. The van der Waals surface area contributed by atoms with Gasteiger partial charge >= 0.3 is 5.69 Å². The zero-order valence-corrected chi connectivity index (χ0v) is 22.6. The fourth-order valence-corrected chi connectivity index (χ4v) is 5.93. The molecule has 0 spiro atoms. The van der Waals surface area contributed by atoms with Crippen molar-refractivity contribution in [2.45, 2.75) is 46.3 Å². The van der Waals surface area contributed by atoms with Crippen LogP contribution in [-0.2, 0) is 6.61 Å². The normalized spacial score (nSPS) is 16.9. The molecule has 1 fully saturated rings. The Labute approximate surface area is 225 Å². The van der Waals surface area contributed by atoms with E-state index in [4.69, 9.17) is 16.3 Å². The molecule has 9 heteroatoms. The molecule has 7 nitrogen and oxygen atoms in total. The van der Waals surface area contributed by atoms with E-state index >= 15 is 4.39 Å². The molecule has 196 valence electrons. The number of rotatable bonds is 3. The summed E-state index contributed by atoms with van der Waals surface area (Å²) < 4.78 is 24.5. The van der Waals surface area contributed by atoms with Gasteiger partial charge < -0.3 is 15.0 Å². The largest absolute Gasteiger partial charge is 0.488 e. The zero-order valence-electron chi connectivity index (χ0n) is 21.8. The molecule has 0 radical (unpaired) electrons. The van der Waals surface area contributed by atoms with E-state index in [1.54, 1.807) is 12.3 Å². The van der Waals surface area contributed by atoms with Crippen LogP contribution in [0.3, 0.4) is 0 Å². The number of anilines is 1. The highest BCUT2D eigenvalue weighted by molar-refractivity contribution is 6.33. The average Bonchev–Trinajstić information content (AvgIpc) is 2.89. The highest BCUT2D eigenvalue weighted by Gasteiger charge is 2.32. The number of halogens is 2. The Kier molecular flexibility index (Phi) is 6.12. The first-order chi connectivity index (χ1) is 18.3. The first-order valence-corrected chi connectivity index (χ1v) is 13.3. The van der Waals surface area contributed by atoms with Gasteiger partial charge in [0.05, 0.1) is 22.5 Å². The second-order valence-corrected chi connectivity index (χ2v) is 10.7. The van der Waals surface area contributed by atoms with Crippen molar-refractivity contribution < 1.29 is 9.13 Å². The molecular weight excluding hydrogens is 505 g/mol. The van der Waals surface area contributed by atoms with Gasteiger partial charge in [0.25, 0.3) is 0 Å². The summed E-state index contributed by atoms with van der Waals surface area (Å²) in [7, 11) is 0. The second-order valence-electron chi connectivity index (χ2n) is 10.3. The summed E-state index contributed by atoms with van der Waals surface area (Å²) in [4.78, 5) is 25.1. The number of hydrogen-bond acceptors (Lipinski definition) is 6. The number of hydrogen-bond donors (Lipinski definition) is 1. The fourth-order valence-electron chi connectivity index (χ4n) is 5.64. The van der Waals surface area contributed by atoms with Crippen LogP contribution >= 0.6 is 11.6 Å². The maximum atomic E-state index is 17.1. The Morgan fingerprint density at radius 3 is 2.82 bits per heavy atom. The van der Waals surface area contributed by atoms with Gasteiger partial charge in [-0.15, -0.1) is 0 Å². The number of aryl methyl sites for hydroxylation is 1. The third kappa shape index (κ3) is 3.77. The minimum atomic E-state index is -0.562. The molecule has 4 aromatic rings. The molecule has 1 atom stereocenters. The van der Waals surface area contributed by atoms with Gasteiger partial charge in [-0.3, -0.25) is 9.55 Å². The Balaban J connectivity index is 1.78. The highest BCUT2D eigenvalue weighted by Crippen LogP contribution is 2.47. The van der Waals surface area contributed by atoms with Crippen molar-refractivity contribution in [3.05, 3.63) is 74.7 Å². The number of nitrogens with zero attached hydrogens (tertiary/aromatic N) is 4. The second kappa shape index (κ2) is 9.36. The molecule has 0 amide bonds. The van der Waals surface area contributed by atoms with Gasteiger partial charge in [0, 0.05) is 47.8 Å². The van der Waals surface area contributed by atoms with Crippen LogP contribution in [0, 0.1) is 12.7 Å². The number of ether oxygens (including phenoxy) is 1. The summed E-state index contributed by atoms with van der Waals surface area (Å²) in [6, 6.07) is 9.16. The van der Waals surface area contributed by atoms with Crippen LogP contribution in [0.4, 0.5) is 10.2 Å². The van der Waals surface area contributed by atoms with Crippen LogP contribution in [-0.4, -0.2) is 40.2 Å². The average molecular weight is 534 g/mol. The molecule has 0 aliphatic carbocycles. The summed E-state index contributed by atoms with van der Waals surface area (Å²) in [5.74, 6) is 0.281. The SMILES string of the molecule is Cc1ccnc(C(C)C)c1-n1c(=O)nc(N2CCNC[C@@H]2C)c2cc3c(c(F)c21)-c1c(Cl)cccc1CO3. The lowest BCUT2D eigenvalue weighted by Crippen LogP contribution is -2.50. The highest BCUT2D eigenvalue weighted by atomic mass is 35.5. The van der Waals surface area contributed by atoms with Crippen molar-refractivity contribution in [2.24, 2.45) is 0 Å². The van der Waals surface area contributed by atoms with Gasteiger partial charge in [-0.2, -0.15) is 4.98 Å². The third-order valence-electron chi connectivity index (χ3n) is 7.49. The van der Waals surface area contributed by atoms with E-state index in [2.05, 4.69) is 27.1 Å². The molecular formula is C29H29ClFN5O2. The fraction of sp³-hybridized carbons (Fsp3) is 0.345. The molecule has 38 heavy (non-hydrogen) atoms. The van der Waals surface area contributed by atoms with E-state index in [9.17, 15) is 4.79 Å². The Morgan fingerprint density at radius 2 is 2.05 bits per heavy atom. The summed E-state index contributed by atoms with van der Waals surface area (Å²) in [6.45, 7) is 10.4.